The van der Waals surface area contributed by atoms with Gasteiger partial charge in [-0.1, -0.05) is 91.5 Å². The minimum atomic E-state index is 0.279. The van der Waals surface area contributed by atoms with Gasteiger partial charge in [-0.25, -0.2) is 0 Å². The van der Waals surface area contributed by atoms with Crippen molar-refractivity contribution >= 4 is 11.4 Å². The van der Waals surface area contributed by atoms with E-state index >= 15 is 0 Å². The third-order valence-corrected chi connectivity index (χ3v) is 13.7. The second kappa shape index (κ2) is 15.0. The molecular weight excluding hydrogens is 659 g/mol. The number of hydrogen-bond acceptors (Lipinski definition) is 5. The minimum Gasteiger partial charge on any atom is -0.375 e. The molecule has 3 aromatic rings. The van der Waals surface area contributed by atoms with Gasteiger partial charge in [0.2, 0.25) is 0 Å². The molecule has 5 heteroatoms. The third kappa shape index (κ3) is 6.96. The quantitative estimate of drug-likeness (QED) is 0.263. The summed E-state index contributed by atoms with van der Waals surface area (Å²) in [5.41, 5.74) is 16.5. The molecule has 6 aliphatic rings. The predicted octanol–water partition coefficient (Wildman–Crippen LogP) is 9.51. The number of piperazine rings is 1. The highest BCUT2D eigenvalue weighted by Gasteiger charge is 2.35. The lowest BCUT2D eigenvalue weighted by Crippen LogP contribution is -2.48. The topological polar surface area (TPSA) is 25.0 Å². The maximum atomic E-state index is 4.49. The van der Waals surface area contributed by atoms with Crippen molar-refractivity contribution in [2.75, 3.05) is 50.7 Å². The summed E-state index contributed by atoms with van der Waals surface area (Å²) in [7, 11) is 0. The van der Waals surface area contributed by atoms with E-state index in [-0.39, 0.29) is 6.04 Å². The molecule has 280 valence electrons. The van der Waals surface area contributed by atoms with E-state index < -0.39 is 0 Å². The molecule has 3 atom stereocenters. The molecule has 3 saturated heterocycles. The van der Waals surface area contributed by atoms with Crippen LogP contribution in [0.25, 0.3) is 5.70 Å². The van der Waals surface area contributed by atoms with Crippen LogP contribution in [0.2, 0.25) is 0 Å². The van der Waals surface area contributed by atoms with Crippen molar-refractivity contribution in [2.24, 2.45) is 5.92 Å². The van der Waals surface area contributed by atoms with Crippen LogP contribution in [0.15, 0.2) is 121 Å². The van der Waals surface area contributed by atoms with Gasteiger partial charge in [0.15, 0.2) is 0 Å². The Bertz CT molecular complexity index is 1970. The molecule has 0 radical (unpaired) electrons. The van der Waals surface area contributed by atoms with Gasteiger partial charge in [0.25, 0.3) is 0 Å². The number of nitrogens with one attached hydrogen (secondary N) is 1. The Balaban J connectivity index is 0.777. The average molecular weight is 718 g/mol. The Morgan fingerprint density at radius 3 is 2.30 bits per heavy atom. The van der Waals surface area contributed by atoms with E-state index in [1.807, 2.05) is 0 Å². The first kappa shape index (κ1) is 35.2. The summed E-state index contributed by atoms with van der Waals surface area (Å²) in [5, 5.41) is 3.40. The number of anilines is 1. The van der Waals surface area contributed by atoms with Crippen molar-refractivity contribution in [1.82, 2.24) is 20.0 Å². The van der Waals surface area contributed by atoms with Crippen molar-refractivity contribution in [3.8, 4) is 0 Å². The third-order valence-electron chi connectivity index (χ3n) is 13.7. The number of aryl methyl sites for hydroxylation is 2. The molecule has 2 aliphatic carbocycles. The SMILES string of the molecule is C=C1CCC(N2Cc3cc(N4CCN(CC5CCN(C6=CC=C(C7c8ccc(C)cc8CCC7c7ccccc7)CC6)CC5)CC4)ccc3C2=C)C(=C)N1. The number of rotatable bonds is 7. The summed E-state index contributed by atoms with van der Waals surface area (Å²) >= 11 is 0. The summed E-state index contributed by atoms with van der Waals surface area (Å²) in [6.07, 6.45) is 14.4. The van der Waals surface area contributed by atoms with Crippen molar-refractivity contribution in [3.05, 3.63) is 155 Å². The molecule has 0 bridgehead atoms. The number of likely N-dealkylation sites (tertiary alicyclic amines) is 1. The number of nitrogens with zero attached hydrogens (tertiary/aromatic N) is 4. The number of fused-ring (bicyclic) bond motifs is 2. The fourth-order valence-electron chi connectivity index (χ4n) is 10.7. The van der Waals surface area contributed by atoms with Crippen molar-refractivity contribution in [3.63, 3.8) is 0 Å². The number of hydrogen-bond donors (Lipinski definition) is 1. The Kier molecular flexibility index (Phi) is 9.78. The molecule has 3 unspecified atom stereocenters. The van der Waals surface area contributed by atoms with Gasteiger partial charge >= 0.3 is 0 Å². The van der Waals surface area contributed by atoms with E-state index in [2.05, 4.69) is 130 Å². The summed E-state index contributed by atoms with van der Waals surface area (Å²) in [5.74, 6) is 1.85. The van der Waals surface area contributed by atoms with E-state index in [1.54, 1.807) is 22.4 Å². The van der Waals surface area contributed by atoms with E-state index in [0.717, 1.165) is 68.6 Å². The van der Waals surface area contributed by atoms with Crippen LogP contribution in [0.3, 0.4) is 0 Å². The van der Waals surface area contributed by atoms with Crippen LogP contribution >= 0.6 is 0 Å². The second-order valence-corrected chi connectivity index (χ2v) is 17.1. The van der Waals surface area contributed by atoms with Gasteiger partial charge in [-0.15, -0.1) is 0 Å². The van der Waals surface area contributed by atoms with E-state index in [0.29, 0.717) is 11.8 Å². The number of piperidine rings is 2. The smallest absolute Gasteiger partial charge is 0.0693 e. The highest BCUT2D eigenvalue weighted by molar-refractivity contribution is 5.72. The number of benzene rings is 3. The second-order valence-electron chi connectivity index (χ2n) is 17.1. The first-order chi connectivity index (χ1) is 26.4. The monoisotopic (exact) mass is 717 g/mol. The molecule has 3 fully saturated rings. The van der Waals surface area contributed by atoms with Gasteiger partial charge in [0.1, 0.15) is 0 Å². The standard InChI is InChI=1S/C49H59N5/c1-34-10-18-47-41(30-34)14-19-46(39-8-6-5-7-9-39)49(47)40-12-15-43(16-13-40)52-24-22-38(23-25-52)32-51-26-28-53(29-27-51)44-17-20-45-37(4)54(33-42(45)31-44)48-21-11-35(2)50-36(48)3/h5-10,12,15,17-18,20,30-31,38,46,48-50H,2-4,11,13-14,16,19,21-29,32-33H2,1H3. The highest BCUT2D eigenvalue weighted by Crippen LogP contribution is 2.49. The van der Waals surface area contributed by atoms with Crippen LogP contribution in [-0.4, -0.2) is 66.6 Å². The van der Waals surface area contributed by atoms with Crippen LogP contribution in [0.4, 0.5) is 5.69 Å². The lowest BCUT2D eigenvalue weighted by atomic mass is 9.67. The maximum absolute atomic E-state index is 4.49. The predicted molar refractivity (Wildman–Crippen MR) is 225 cm³/mol. The van der Waals surface area contributed by atoms with Gasteiger partial charge in [-0.3, -0.25) is 4.90 Å². The maximum Gasteiger partial charge on any atom is 0.0693 e. The molecule has 1 N–H and O–H groups in total. The molecule has 0 spiro atoms. The molecule has 4 heterocycles. The fraction of sp³-hybridized carbons (Fsp3) is 0.429. The molecule has 3 aromatic carbocycles. The van der Waals surface area contributed by atoms with Crippen LogP contribution in [0.5, 0.6) is 0 Å². The van der Waals surface area contributed by atoms with Gasteiger partial charge in [-0.05, 0) is 111 Å². The molecule has 0 amide bonds. The van der Waals surface area contributed by atoms with Crippen molar-refractivity contribution < 1.29 is 0 Å². The Morgan fingerprint density at radius 2 is 1.54 bits per heavy atom. The first-order valence-corrected chi connectivity index (χ1v) is 20.9. The summed E-state index contributed by atoms with van der Waals surface area (Å²) in [4.78, 5) is 10.5. The van der Waals surface area contributed by atoms with Crippen LogP contribution in [0.1, 0.15) is 90.2 Å². The average Bonchev–Trinajstić information content (AvgIpc) is 3.53. The molecule has 5 nitrogen and oxygen atoms in total. The molecule has 54 heavy (non-hydrogen) atoms. The lowest BCUT2D eigenvalue weighted by Gasteiger charge is -2.41. The van der Waals surface area contributed by atoms with Crippen LogP contribution in [-0.2, 0) is 13.0 Å². The van der Waals surface area contributed by atoms with Gasteiger partial charge in [-0.2, -0.15) is 0 Å². The minimum absolute atomic E-state index is 0.279. The number of allylic oxidation sites excluding steroid dienone is 5. The van der Waals surface area contributed by atoms with Gasteiger partial charge in [0.05, 0.1) is 6.04 Å². The molecule has 9 rings (SSSR count). The summed E-state index contributed by atoms with van der Waals surface area (Å²) in [6.45, 7) is 24.2. The van der Waals surface area contributed by atoms with Crippen molar-refractivity contribution in [1.29, 1.82) is 0 Å². The zero-order valence-electron chi connectivity index (χ0n) is 32.5. The Hall–Kier alpha value is -4.48. The molecule has 0 saturated carbocycles. The fourth-order valence-corrected chi connectivity index (χ4v) is 10.7. The molecule has 0 aromatic heterocycles. The van der Waals surface area contributed by atoms with Gasteiger partial charge < -0.3 is 20.0 Å². The van der Waals surface area contributed by atoms with Crippen LogP contribution < -0.4 is 10.2 Å². The molecule has 4 aliphatic heterocycles. The highest BCUT2D eigenvalue weighted by atomic mass is 15.3. The zero-order chi connectivity index (χ0) is 36.8. The van der Waals surface area contributed by atoms with E-state index in [1.165, 1.54) is 86.1 Å². The summed E-state index contributed by atoms with van der Waals surface area (Å²) in [6, 6.07) is 25.9. The van der Waals surface area contributed by atoms with E-state index in [4.69, 9.17) is 0 Å². The van der Waals surface area contributed by atoms with Crippen LogP contribution in [0, 0.1) is 12.8 Å². The zero-order valence-corrected chi connectivity index (χ0v) is 32.5. The Morgan fingerprint density at radius 1 is 0.722 bits per heavy atom. The first-order valence-electron chi connectivity index (χ1n) is 20.9. The summed E-state index contributed by atoms with van der Waals surface area (Å²) < 4.78 is 0. The largest absolute Gasteiger partial charge is 0.375 e. The lowest BCUT2D eigenvalue weighted by molar-refractivity contribution is 0.156. The Labute approximate surface area is 324 Å². The van der Waals surface area contributed by atoms with Crippen molar-refractivity contribution in [2.45, 2.75) is 82.7 Å². The normalized spacial score (nSPS) is 25.2. The molecular formula is C49H59N5. The van der Waals surface area contributed by atoms with E-state index in [9.17, 15) is 0 Å². The van der Waals surface area contributed by atoms with Gasteiger partial charge in [0, 0.05) is 92.3 Å².